The Morgan fingerprint density at radius 1 is 1.44 bits per heavy atom. The lowest BCUT2D eigenvalue weighted by Gasteiger charge is -2.36. The number of carbonyl (C=O) groups is 1. The van der Waals surface area contributed by atoms with Crippen molar-refractivity contribution in [3.05, 3.63) is 0 Å². The average Bonchev–Trinajstić information content (AvgIpc) is 2.06. The van der Waals surface area contributed by atoms with Crippen molar-refractivity contribution in [2.24, 2.45) is 11.3 Å². The Morgan fingerprint density at radius 3 is 2.50 bits per heavy atom. The molecule has 0 radical (unpaired) electrons. The lowest BCUT2D eigenvalue weighted by Crippen LogP contribution is -2.38. The summed E-state index contributed by atoms with van der Waals surface area (Å²) in [6.45, 7) is 5.85. The van der Waals surface area contributed by atoms with Crippen LogP contribution >= 0.6 is 0 Å². The molecule has 2 unspecified atom stereocenters. The Hall–Kier alpha value is -0.420. The van der Waals surface area contributed by atoms with Gasteiger partial charge in [0, 0.05) is 12.3 Å². The van der Waals surface area contributed by atoms with Crippen LogP contribution in [0.4, 0.5) is 0 Å². The van der Waals surface area contributed by atoms with E-state index in [0.29, 0.717) is 12.8 Å². The van der Waals surface area contributed by atoms with E-state index in [1.807, 2.05) is 0 Å². The van der Waals surface area contributed by atoms with E-state index in [9.17, 15) is 13.2 Å². The van der Waals surface area contributed by atoms with Gasteiger partial charge in [0.15, 0.2) is 0 Å². The predicted molar refractivity (Wildman–Crippen MR) is 61.5 cm³/mol. The van der Waals surface area contributed by atoms with E-state index < -0.39 is 16.2 Å². The van der Waals surface area contributed by atoms with Gasteiger partial charge in [-0.25, -0.2) is 0 Å². The molecule has 0 aromatic carbocycles. The first-order chi connectivity index (χ1) is 7.11. The number of rotatable bonds is 3. The monoisotopic (exact) mass is 248 g/mol. The molecule has 0 bridgehead atoms. The summed E-state index contributed by atoms with van der Waals surface area (Å²) in [4.78, 5) is 11.7. The summed E-state index contributed by atoms with van der Waals surface area (Å²) in [5.41, 5.74) is 0.0910. The molecule has 0 saturated heterocycles. The second kappa shape index (κ2) is 4.45. The molecule has 0 amide bonds. The zero-order chi connectivity index (χ0) is 12.6. The third kappa shape index (κ3) is 3.87. The van der Waals surface area contributed by atoms with Crippen LogP contribution in [0.3, 0.4) is 0 Å². The van der Waals surface area contributed by atoms with Gasteiger partial charge in [0.05, 0.1) is 12.4 Å². The van der Waals surface area contributed by atoms with Crippen LogP contribution in [0, 0.1) is 11.3 Å². The molecular formula is C11H20O4S. The molecule has 0 aromatic heterocycles. The van der Waals surface area contributed by atoms with Crippen LogP contribution in [0.25, 0.3) is 0 Å². The normalized spacial score (nSPS) is 27.8. The molecule has 2 atom stereocenters. The molecule has 1 saturated carbocycles. The van der Waals surface area contributed by atoms with Gasteiger partial charge in [0.2, 0.25) is 0 Å². The fourth-order valence-electron chi connectivity index (χ4n) is 2.23. The van der Waals surface area contributed by atoms with Crippen LogP contribution in [0.5, 0.6) is 0 Å². The molecule has 0 spiro atoms. The summed E-state index contributed by atoms with van der Waals surface area (Å²) in [5.74, 6) is -0.172. The maximum absolute atomic E-state index is 11.7. The molecule has 0 heterocycles. The first-order valence-corrected chi connectivity index (χ1v) is 7.33. The van der Waals surface area contributed by atoms with E-state index in [1.54, 1.807) is 6.92 Å². The van der Waals surface area contributed by atoms with E-state index in [0.717, 1.165) is 12.7 Å². The molecule has 1 fully saturated rings. The number of hydrogen-bond acceptors (Lipinski definition) is 4. The predicted octanol–water partition coefficient (Wildman–Crippen LogP) is 1.75. The van der Waals surface area contributed by atoms with Crippen molar-refractivity contribution in [2.75, 3.05) is 6.26 Å². The van der Waals surface area contributed by atoms with Crippen molar-refractivity contribution in [1.29, 1.82) is 0 Å². The number of hydrogen-bond donors (Lipinski definition) is 0. The number of Topliss-reactive ketones (excluding diaryl/α,β-unsaturated/α-hetero) is 1. The summed E-state index contributed by atoms with van der Waals surface area (Å²) < 4.78 is 26.9. The molecular weight excluding hydrogens is 228 g/mol. The Kier molecular flexibility index (Phi) is 3.80. The summed E-state index contributed by atoms with van der Waals surface area (Å²) in [7, 11) is -3.49. The van der Waals surface area contributed by atoms with Crippen LogP contribution in [-0.4, -0.2) is 26.6 Å². The molecule has 0 aliphatic heterocycles. The van der Waals surface area contributed by atoms with E-state index in [-0.39, 0.29) is 17.1 Å². The fraction of sp³-hybridized carbons (Fsp3) is 0.909. The van der Waals surface area contributed by atoms with E-state index in [4.69, 9.17) is 4.18 Å². The fourth-order valence-corrected chi connectivity index (χ4v) is 2.91. The molecule has 0 N–H and O–H groups in total. The van der Waals surface area contributed by atoms with Crippen LogP contribution in [-0.2, 0) is 19.1 Å². The Morgan fingerprint density at radius 2 is 2.00 bits per heavy atom. The Labute approximate surface area is 97.5 Å². The van der Waals surface area contributed by atoms with Gasteiger partial charge in [-0.1, -0.05) is 13.8 Å². The first-order valence-electron chi connectivity index (χ1n) is 5.52. The van der Waals surface area contributed by atoms with Crippen molar-refractivity contribution < 1.29 is 17.4 Å². The molecule has 1 aliphatic rings. The van der Waals surface area contributed by atoms with Gasteiger partial charge in [-0.05, 0) is 25.2 Å². The van der Waals surface area contributed by atoms with Gasteiger partial charge in [-0.15, -0.1) is 0 Å². The lowest BCUT2D eigenvalue weighted by atomic mass is 9.70. The van der Waals surface area contributed by atoms with Crippen LogP contribution < -0.4 is 0 Å². The largest absolute Gasteiger partial charge is 0.299 e. The second-order valence-electron chi connectivity index (χ2n) is 5.45. The van der Waals surface area contributed by atoms with E-state index in [1.165, 1.54) is 0 Å². The van der Waals surface area contributed by atoms with Crippen molar-refractivity contribution >= 4 is 15.9 Å². The highest BCUT2D eigenvalue weighted by molar-refractivity contribution is 7.86. The van der Waals surface area contributed by atoms with Crippen molar-refractivity contribution in [1.82, 2.24) is 0 Å². The highest BCUT2D eigenvalue weighted by Gasteiger charge is 2.37. The minimum absolute atomic E-state index is 0.0910. The lowest BCUT2D eigenvalue weighted by molar-refractivity contribution is -0.130. The maximum atomic E-state index is 11.7. The molecule has 16 heavy (non-hydrogen) atoms. The van der Waals surface area contributed by atoms with Crippen LogP contribution in [0.2, 0.25) is 0 Å². The first kappa shape index (κ1) is 13.6. The van der Waals surface area contributed by atoms with Gasteiger partial charge in [0.25, 0.3) is 10.1 Å². The highest BCUT2D eigenvalue weighted by Crippen LogP contribution is 2.38. The zero-order valence-corrected chi connectivity index (χ0v) is 11.1. The molecule has 5 heteroatoms. The topological polar surface area (TPSA) is 60.4 Å². The van der Waals surface area contributed by atoms with Gasteiger partial charge >= 0.3 is 0 Å². The van der Waals surface area contributed by atoms with E-state index in [2.05, 4.69) is 13.8 Å². The summed E-state index contributed by atoms with van der Waals surface area (Å²) in [6, 6.07) is 0. The smallest absolute Gasteiger partial charge is 0.264 e. The van der Waals surface area contributed by atoms with Crippen molar-refractivity contribution in [2.45, 2.75) is 46.1 Å². The Bertz CT molecular complexity index is 369. The maximum Gasteiger partial charge on any atom is 0.264 e. The molecule has 0 aromatic rings. The van der Waals surface area contributed by atoms with Crippen molar-refractivity contribution in [3.8, 4) is 0 Å². The molecule has 94 valence electrons. The van der Waals surface area contributed by atoms with Crippen molar-refractivity contribution in [3.63, 3.8) is 0 Å². The van der Waals surface area contributed by atoms with Gasteiger partial charge in [-0.3, -0.25) is 8.98 Å². The minimum atomic E-state index is -3.49. The number of carbonyl (C=O) groups excluding carboxylic acids is 1. The summed E-state index contributed by atoms with van der Waals surface area (Å²) >= 11 is 0. The third-order valence-electron chi connectivity index (χ3n) is 3.13. The van der Waals surface area contributed by atoms with E-state index >= 15 is 0 Å². The van der Waals surface area contributed by atoms with Gasteiger partial charge in [-0.2, -0.15) is 8.42 Å². The third-order valence-corrected chi connectivity index (χ3v) is 3.78. The Balaban J connectivity index is 2.74. The second-order valence-corrected chi connectivity index (χ2v) is 7.05. The number of ketones is 1. The SMILES string of the molecule is CC(OS(C)(=O)=O)C1CC(C)(C)CCC1=O. The summed E-state index contributed by atoms with van der Waals surface area (Å²) in [6.07, 6.45) is 2.55. The highest BCUT2D eigenvalue weighted by atomic mass is 32.2. The quantitative estimate of drug-likeness (QED) is 0.714. The average molecular weight is 248 g/mol. The standard InChI is InChI=1S/C11H20O4S/c1-8(15-16(4,13)14)9-7-11(2,3)6-5-10(9)12/h8-9H,5-7H2,1-4H3. The zero-order valence-electron chi connectivity index (χ0n) is 10.3. The van der Waals surface area contributed by atoms with Crippen LogP contribution in [0.15, 0.2) is 0 Å². The summed E-state index contributed by atoms with van der Waals surface area (Å²) in [5, 5.41) is 0. The minimum Gasteiger partial charge on any atom is -0.299 e. The van der Waals surface area contributed by atoms with Gasteiger partial charge < -0.3 is 0 Å². The van der Waals surface area contributed by atoms with Gasteiger partial charge in [0.1, 0.15) is 5.78 Å². The van der Waals surface area contributed by atoms with Crippen LogP contribution in [0.1, 0.15) is 40.0 Å². The molecule has 4 nitrogen and oxygen atoms in total. The molecule has 1 aliphatic carbocycles. The molecule has 1 rings (SSSR count).